The van der Waals surface area contributed by atoms with Crippen LogP contribution in [0.1, 0.15) is 16.7 Å². The molecule has 1 fully saturated rings. The van der Waals surface area contributed by atoms with Gasteiger partial charge in [0.1, 0.15) is 0 Å². The molecule has 0 aliphatic carbocycles. The fraction of sp³-hybridized carbons (Fsp3) is 0.350. The molecule has 4 nitrogen and oxygen atoms in total. The molecule has 2 aromatic rings. The number of anilines is 2. The molecule has 0 spiro atoms. The van der Waals surface area contributed by atoms with E-state index in [0.717, 1.165) is 40.6 Å². The first-order valence-electron chi connectivity index (χ1n) is 8.58. The first-order chi connectivity index (χ1) is 11.9. The zero-order chi connectivity index (χ0) is 18.0. The molecular weight excluding hydrogens is 334 g/mol. The number of halogens is 1. The summed E-state index contributed by atoms with van der Waals surface area (Å²) in [4.78, 5) is 16.7. The SMILES string of the molecule is Cc1ccc(C)c(NC(=O)N2CCN(c3cc(Cl)ccc3C)CC2)c1. The number of carbonyl (C=O) groups is 1. The highest BCUT2D eigenvalue weighted by Crippen LogP contribution is 2.25. The van der Waals surface area contributed by atoms with Gasteiger partial charge in [0, 0.05) is 42.6 Å². The molecule has 2 amide bonds. The van der Waals surface area contributed by atoms with E-state index in [-0.39, 0.29) is 6.03 Å². The van der Waals surface area contributed by atoms with Gasteiger partial charge in [0.25, 0.3) is 0 Å². The largest absolute Gasteiger partial charge is 0.368 e. The summed E-state index contributed by atoms with van der Waals surface area (Å²) in [6, 6.07) is 12.0. The van der Waals surface area contributed by atoms with Gasteiger partial charge in [0.05, 0.1) is 0 Å². The summed E-state index contributed by atoms with van der Waals surface area (Å²) < 4.78 is 0. The van der Waals surface area contributed by atoms with Crippen molar-refractivity contribution in [3.8, 4) is 0 Å². The summed E-state index contributed by atoms with van der Waals surface area (Å²) >= 11 is 6.13. The Hall–Kier alpha value is -2.20. The van der Waals surface area contributed by atoms with E-state index in [1.165, 1.54) is 5.56 Å². The Morgan fingerprint density at radius 3 is 2.36 bits per heavy atom. The number of benzene rings is 2. The van der Waals surface area contributed by atoms with Gasteiger partial charge in [-0.3, -0.25) is 0 Å². The second kappa shape index (κ2) is 7.36. The maximum atomic E-state index is 12.6. The minimum absolute atomic E-state index is 0.0313. The van der Waals surface area contributed by atoms with Gasteiger partial charge < -0.3 is 15.1 Å². The zero-order valence-electron chi connectivity index (χ0n) is 15.0. The van der Waals surface area contributed by atoms with Gasteiger partial charge in [-0.05, 0) is 55.7 Å². The van der Waals surface area contributed by atoms with E-state index in [2.05, 4.69) is 23.2 Å². The molecular formula is C20H24ClN3O. The van der Waals surface area contributed by atoms with E-state index >= 15 is 0 Å². The Morgan fingerprint density at radius 1 is 0.960 bits per heavy atom. The van der Waals surface area contributed by atoms with Gasteiger partial charge >= 0.3 is 6.03 Å². The monoisotopic (exact) mass is 357 g/mol. The lowest BCUT2D eigenvalue weighted by Crippen LogP contribution is -2.50. The van der Waals surface area contributed by atoms with Gasteiger partial charge in [-0.25, -0.2) is 4.79 Å². The molecule has 0 radical (unpaired) electrons. The number of amides is 2. The Morgan fingerprint density at radius 2 is 1.64 bits per heavy atom. The first kappa shape index (κ1) is 17.6. The lowest BCUT2D eigenvalue weighted by Gasteiger charge is -2.36. The number of hydrogen-bond donors (Lipinski definition) is 1. The molecule has 0 aromatic heterocycles. The van der Waals surface area contributed by atoms with Crippen LogP contribution in [0.3, 0.4) is 0 Å². The van der Waals surface area contributed by atoms with Gasteiger partial charge in [-0.1, -0.05) is 29.8 Å². The van der Waals surface area contributed by atoms with Crippen molar-refractivity contribution in [1.29, 1.82) is 0 Å². The van der Waals surface area contributed by atoms with E-state index in [1.54, 1.807) is 0 Å². The summed E-state index contributed by atoms with van der Waals surface area (Å²) in [6.07, 6.45) is 0. The maximum absolute atomic E-state index is 12.6. The molecule has 1 heterocycles. The van der Waals surface area contributed by atoms with Crippen LogP contribution in [0.2, 0.25) is 5.02 Å². The molecule has 0 unspecified atom stereocenters. The molecule has 5 heteroatoms. The summed E-state index contributed by atoms with van der Waals surface area (Å²) in [5.74, 6) is 0. The summed E-state index contributed by atoms with van der Waals surface area (Å²) in [5, 5.41) is 3.79. The number of nitrogens with zero attached hydrogens (tertiary/aromatic N) is 2. The molecule has 132 valence electrons. The molecule has 1 saturated heterocycles. The Bertz CT molecular complexity index is 783. The van der Waals surface area contributed by atoms with Crippen molar-refractivity contribution in [2.45, 2.75) is 20.8 Å². The number of nitrogens with one attached hydrogen (secondary N) is 1. The zero-order valence-corrected chi connectivity index (χ0v) is 15.7. The van der Waals surface area contributed by atoms with Crippen molar-refractivity contribution in [3.05, 3.63) is 58.1 Å². The minimum Gasteiger partial charge on any atom is -0.368 e. The number of urea groups is 1. The van der Waals surface area contributed by atoms with Crippen molar-refractivity contribution < 1.29 is 4.79 Å². The highest BCUT2D eigenvalue weighted by molar-refractivity contribution is 6.30. The minimum atomic E-state index is -0.0313. The molecule has 1 aliphatic rings. The van der Waals surface area contributed by atoms with Crippen LogP contribution >= 0.6 is 11.6 Å². The molecule has 2 aromatic carbocycles. The van der Waals surface area contributed by atoms with Crippen LogP contribution in [-0.4, -0.2) is 37.1 Å². The molecule has 1 aliphatic heterocycles. The van der Waals surface area contributed by atoms with Crippen molar-refractivity contribution in [2.75, 3.05) is 36.4 Å². The second-order valence-electron chi connectivity index (χ2n) is 6.65. The maximum Gasteiger partial charge on any atom is 0.321 e. The fourth-order valence-electron chi connectivity index (χ4n) is 3.14. The van der Waals surface area contributed by atoms with Gasteiger partial charge in [0.15, 0.2) is 0 Å². The quantitative estimate of drug-likeness (QED) is 0.851. The second-order valence-corrected chi connectivity index (χ2v) is 7.09. The molecule has 0 saturated carbocycles. The van der Waals surface area contributed by atoms with Gasteiger partial charge in [0.2, 0.25) is 0 Å². The molecule has 3 rings (SSSR count). The molecule has 25 heavy (non-hydrogen) atoms. The molecule has 1 N–H and O–H groups in total. The highest BCUT2D eigenvalue weighted by Gasteiger charge is 2.22. The van der Waals surface area contributed by atoms with Crippen LogP contribution in [-0.2, 0) is 0 Å². The van der Waals surface area contributed by atoms with Crippen molar-refractivity contribution in [2.24, 2.45) is 0 Å². The topological polar surface area (TPSA) is 35.6 Å². The number of aryl methyl sites for hydroxylation is 3. The lowest BCUT2D eigenvalue weighted by atomic mass is 10.1. The third kappa shape index (κ3) is 4.07. The Labute approximate surface area is 154 Å². The van der Waals surface area contributed by atoms with Crippen LogP contribution in [0.25, 0.3) is 0 Å². The fourth-order valence-corrected chi connectivity index (χ4v) is 3.30. The van der Waals surface area contributed by atoms with Gasteiger partial charge in [-0.15, -0.1) is 0 Å². The van der Waals surface area contributed by atoms with Crippen LogP contribution < -0.4 is 10.2 Å². The van der Waals surface area contributed by atoms with E-state index in [9.17, 15) is 4.79 Å². The van der Waals surface area contributed by atoms with Crippen LogP contribution in [0.5, 0.6) is 0 Å². The summed E-state index contributed by atoms with van der Waals surface area (Å²) in [7, 11) is 0. The highest BCUT2D eigenvalue weighted by atomic mass is 35.5. The number of carbonyl (C=O) groups excluding carboxylic acids is 1. The Kier molecular flexibility index (Phi) is 5.19. The lowest BCUT2D eigenvalue weighted by molar-refractivity contribution is 0.208. The predicted octanol–water partition coefficient (Wildman–Crippen LogP) is 4.62. The van der Waals surface area contributed by atoms with Crippen LogP contribution in [0.15, 0.2) is 36.4 Å². The number of rotatable bonds is 2. The standard InChI is InChI=1S/C20H24ClN3O/c1-14-4-5-15(2)18(12-14)22-20(25)24-10-8-23(9-11-24)19-13-17(21)7-6-16(19)3/h4-7,12-13H,8-11H2,1-3H3,(H,22,25). The van der Waals surface area contributed by atoms with E-state index in [1.807, 2.05) is 49.1 Å². The normalized spacial score (nSPS) is 14.6. The van der Waals surface area contributed by atoms with Crippen LogP contribution in [0, 0.1) is 20.8 Å². The average Bonchev–Trinajstić information content (AvgIpc) is 2.60. The summed E-state index contributed by atoms with van der Waals surface area (Å²) in [5.41, 5.74) is 5.46. The average molecular weight is 358 g/mol. The first-order valence-corrected chi connectivity index (χ1v) is 8.96. The van der Waals surface area contributed by atoms with Crippen molar-refractivity contribution in [3.63, 3.8) is 0 Å². The third-order valence-corrected chi connectivity index (χ3v) is 4.95. The molecule has 0 atom stereocenters. The molecule has 0 bridgehead atoms. The third-order valence-electron chi connectivity index (χ3n) is 4.71. The smallest absolute Gasteiger partial charge is 0.321 e. The predicted molar refractivity (Wildman–Crippen MR) is 105 cm³/mol. The van der Waals surface area contributed by atoms with Crippen molar-refractivity contribution in [1.82, 2.24) is 4.90 Å². The van der Waals surface area contributed by atoms with Crippen LogP contribution in [0.4, 0.5) is 16.2 Å². The van der Waals surface area contributed by atoms with Gasteiger partial charge in [-0.2, -0.15) is 0 Å². The number of hydrogen-bond acceptors (Lipinski definition) is 2. The summed E-state index contributed by atoms with van der Waals surface area (Å²) in [6.45, 7) is 9.13. The van der Waals surface area contributed by atoms with E-state index < -0.39 is 0 Å². The van der Waals surface area contributed by atoms with E-state index in [0.29, 0.717) is 13.1 Å². The van der Waals surface area contributed by atoms with Crippen molar-refractivity contribution >= 4 is 29.0 Å². The van der Waals surface area contributed by atoms with E-state index in [4.69, 9.17) is 11.6 Å². The Balaban J connectivity index is 1.63. The number of piperazine rings is 1.